The van der Waals surface area contributed by atoms with E-state index in [0.29, 0.717) is 5.56 Å². The van der Waals surface area contributed by atoms with Crippen LogP contribution in [0.15, 0.2) is 48.5 Å². The Balaban J connectivity index is 2.20. The zero-order valence-electron chi connectivity index (χ0n) is 11.6. The van der Waals surface area contributed by atoms with Crippen LogP contribution in [0.3, 0.4) is 0 Å². The fraction of sp³-hybridized carbons (Fsp3) is 0.176. The van der Waals surface area contributed by atoms with Gasteiger partial charge in [-0.1, -0.05) is 47.5 Å². The Morgan fingerprint density at radius 1 is 1.10 bits per heavy atom. The van der Waals surface area contributed by atoms with E-state index in [9.17, 15) is 10.1 Å². The predicted octanol–water partition coefficient (Wildman–Crippen LogP) is 3.30. The van der Waals surface area contributed by atoms with Gasteiger partial charge in [0, 0.05) is 5.56 Å². The lowest BCUT2D eigenvalue weighted by molar-refractivity contribution is 0.0945. The highest BCUT2D eigenvalue weighted by molar-refractivity contribution is 5.95. The smallest absolute Gasteiger partial charge is 0.252 e. The van der Waals surface area contributed by atoms with Gasteiger partial charge in [0.05, 0.1) is 6.07 Å². The van der Waals surface area contributed by atoms with Crippen LogP contribution < -0.4 is 5.32 Å². The molecule has 0 fully saturated rings. The number of carbonyl (C=O) groups is 1. The summed E-state index contributed by atoms with van der Waals surface area (Å²) in [5, 5.41) is 12.0. The molecule has 0 spiro atoms. The Morgan fingerprint density at radius 2 is 1.70 bits per heavy atom. The maximum atomic E-state index is 12.2. The van der Waals surface area contributed by atoms with Gasteiger partial charge in [0.15, 0.2) is 0 Å². The molecular weight excluding hydrogens is 248 g/mol. The lowest BCUT2D eigenvalue weighted by atomic mass is 10.0. The Kier molecular flexibility index (Phi) is 4.17. The summed E-state index contributed by atoms with van der Waals surface area (Å²) >= 11 is 0. The first kappa shape index (κ1) is 13.8. The standard InChI is InChI=1S/C17H16N2O/c1-12-8-13(2)10-15(9-12)17(20)19-16(11-18)14-6-4-3-5-7-14/h3-10,16H,1-2H3,(H,19,20). The average Bonchev–Trinajstić information content (AvgIpc) is 2.44. The summed E-state index contributed by atoms with van der Waals surface area (Å²) in [5.74, 6) is -0.229. The lowest BCUT2D eigenvalue weighted by Crippen LogP contribution is -2.27. The van der Waals surface area contributed by atoms with Crippen molar-refractivity contribution < 1.29 is 4.79 Å². The second kappa shape index (κ2) is 6.03. The number of nitrogens with zero attached hydrogens (tertiary/aromatic N) is 1. The molecule has 3 heteroatoms. The van der Waals surface area contributed by atoms with Gasteiger partial charge in [-0.25, -0.2) is 0 Å². The molecule has 20 heavy (non-hydrogen) atoms. The second-order valence-corrected chi connectivity index (χ2v) is 4.82. The van der Waals surface area contributed by atoms with Crippen LogP contribution in [0.1, 0.15) is 33.1 Å². The number of aryl methyl sites for hydroxylation is 2. The molecule has 2 aromatic carbocycles. The first-order valence-corrected chi connectivity index (χ1v) is 6.44. The van der Waals surface area contributed by atoms with Gasteiger partial charge in [0.2, 0.25) is 0 Å². The Hall–Kier alpha value is -2.60. The third-order valence-corrected chi connectivity index (χ3v) is 3.02. The van der Waals surface area contributed by atoms with Gasteiger partial charge in [0.25, 0.3) is 5.91 Å². The van der Waals surface area contributed by atoms with Gasteiger partial charge in [-0.15, -0.1) is 0 Å². The number of benzene rings is 2. The summed E-state index contributed by atoms with van der Waals surface area (Å²) in [6, 6.07) is 16.4. The number of carbonyl (C=O) groups excluding carboxylic acids is 1. The van der Waals surface area contributed by atoms with Crippen molar-refractivity contribution in [2.45, 2.75) is 19.9 Å². The maximum absolute atomic E-state index is 12.2. The molecule has 100 valence electrons. The highest BCUT2D eigenvalue weighted by Gasteiger charge is 2.15. The Labute approximate surface area is 118 Å². The summed E-state index contributed by atoms with van der Waals surface area (Å²) in [4.78, 5) is 12.2. The fourth-order valence-corrected chi connectivity index (χ4v) is 2.16. The van der Waals surface area contributed by atoms with E-state index in [1.165, 1.54) is 0 Å². The summed E-state index contributed by atoms with van der Waals surface area (Å²) in [6.07, 6.45) is 0. The molecule has 0 saturated carbocycles. The monoisotopic (exact) mass is 264 g/mol. The van der Waals surface area contributed by atoms with E-state index in [2.05, 4.69) is 11.4 Å². The lowest BCUT2D eigenvalue weighted by Gasteiger charge is -2.12. The van der Waals surface area contributed by atoms with Gasteiger partial charge < -0.3 is 5.32 Å². The first-order chi connectivity index (χ1) is 9.60. The van der Waals surface area contributed by atoms with Gasteiger partial charge in [-0.3, -0.25) is 4.79 Å². The molecule has 1 amide bonds. The molecule has 1 atom stereocenters. The molecule has 0 aliphatic heterocycles. The average molecular weight is 264 g/mol. The van der Waals surface area contributed by atoms with Crippen LogP contribution >= 0.6 is 0 Å². The Bertz CT molecular complexity index is 636. The molecule has 0 bridgehead atoms. The second-order valence-electron chi connectivity index (χ2n) is 4.82. The van der Waals surface area contributed by atoms with Gasteiger partial charge in [-0.05, 0) is 31.5 Å². The third kappa shape index (κ3) is 3.24. The fourth-order valence-electron chi connectivity index (χ4n) is 2.16. The van der Waals surface area contributed by atoms with Crippen molar-refractivity contribution in [1.82, 2.24) is 5.32 Å². The predicted molar refractivity (Wildman–Crippen MR) is 78.2 cm³/mol. The van der Waals surface area contributed by atoms with Gasteiger partial charge in [-0.2, -0.15) is 5.26 Å². The molecule has 3 nitrogen and oxygen atoms in total. The number of amides is 1. The number of hydrogen-bond acceptors (Lipinski definition) is 2. The normalized spacial score (nSPS) is 11.4. The van der Waals surface area contributed by atoms with E-state index in [1.54, 1.807) is 0 Å². The van der Waals surface area contributed by atoms with Crippen LogP contribution in [0, 0.1) is 25.2 Å². The molecule has 0 aliphatic carbocycles. The van der Waals surface area contributed by atoms with Crippen molar-refractivity contribution in [3.05, 3.63) is 70.8 Å². The highest BCUT2D eigenvalue weighted by atomic mass is 16.1. The Morgan fingerprint density at radius 3 is 2.25 bits per heavy atom. The van der Waals surface area contributed by atoms with E-state index in [4.69, 9.17) is 0 Å². The van der Waals surface area contributed by atoms with Crippen molar-refractivity contribution >= 4 is 5.91 Å². The van der Waals surface area contributed by atoms with E-state index < -0.39 is 6.04 Å². The summed E-state index contributed by atoms with van der Waals surface area (Å²) < 4.78 is 0. The minimum absolute atomic E-state index is 0.229. The van der Waals surface area contributed by atoms with Gasteiger partial charge in [0.1, 0.15) is 6.04 Å². The molecule has 2 aromatic rings. The molecule has 1 unspecified atom stereocenters. The minimum Gasteiger partial charge on any atom is -0.333 e. The highest BCUT2D eigenvalue weighted by Crippen LogP contribution is 2.14. The number of nitriles is 1. The molecule has 0 aromatic heterocycles. The molecule has 0 radical (unpaired) electrons. The molecule has 2 rings (SSSR count). The molecule has 0 saturated heterocycles. The van der Waals surface area contributed by atoms with E-state index in [-0.39, 0.29) is 5.91 Å². The topological polar surface area (TPSA) is 52.9 Å². The zero-order chi connectivity index (χ0) is 14.5. The van der Waals surface area contributed by atoms with Crippen LogP contribution in [-0.2, 0) is 0 Å². The summed E-state index contributed by atoms with van der Waals surface area (Å²) in [7, 11) is 0. The molecule has 0 heterocycles. The van der Waals surface area contributed by atoms with Crippen molar-refractivity contribution in [2.24, 2.45) is 0 Å². The van der Waals surface area contributed by atoms with Gasteiger partial charge >= 0.3 is 0 Å². The number of hydrogen-bond donors (Lipinski definition) is 1. The zero-order valence-corrected chi connectivity index (χ0v) is 11.6. The van der Waals surface area contributed by atoms with Crippen LogP contribution in [0.5, 0.6) is 0 Å². The van der Waals surface area contributed by atoms with Crippen LogP contribution in [0.2, 0.25) is 0 Å². The summed E-state index contributed by atoms with van der Waals surface area (Å²) in [5.41, 5.74) is 3.43. The van der Waals surface area contributed by atoms with Crippen molar-refractivity contribution in [1.29, 1.82) is 5.26 Å². The minimum atomic E-state index is -0.635. The van der Waals surface area contributed by atoms with E-state index >= 15 is 0 Å². The van der Waals surface area contributed by atoms with Crippen LogP contribution in [0.4, 0.5) is 0 Å². The SMILES string of the molecule is Cc1cc(C)cc(C(=O)NC(C#N)c2ccccc2)c1. The van der Waals surface area contributed by atoms with Crippen molar-refractivity contribution in [2.75, 3.05) is 0 Å². The summed E-state index contributed by atoms with van der Waals surface area (Å²) in [6.45, 7) is 3.89. The van der Waals surface area contributed by atoms with Crippen LogP contribution in [0.25, 0.3) is 0 Å². The molecule has 1 N–H and O–H groups in total. The van der Waals surface area contributed by atoms with Crippen LogP contribution in [-0.4, -0.2) is 5.91 Å². The molecule has 0 aliphatic rings. The largest absolute Gasteiger partial charge is 0.333 e. The van der Waals surface area contributed by atoms with E-state index in [0.717, 1.165) is 16.7 Å². The number of rotatable bonds is 3. The van der Waals surface area contributed by atoms with Crippen molar-refractivity contribution in [3.8, 4) is 6.07 Å². The third-order valence-electron chi connectivity index (χ3n) is 3.02. The quantitative estimate of drug-likeness (QED) is 0.924. The first-order valence-electron chi connectivity index (χ1n) is 6.44. The van der Waals surface area contributed by atoms with Crippen molar-refractivity contribution in [3.63, 3.8) is 0 Å². The number of nitrogens with one attached hydrogen (secondary N) is 1. The molecular formula is C17H16N2O. The maximum Gasteiger partial charge on any atom is 0.252 e. The van der Waals surface area contributed by atoms with E-state index in [1.807, 2.05) is 62.4 Å².